The van der Waals surface area contributed by atoms with Gasteiger partial charge in [-0.15, -0.1) is 0 Å². The molecule has 0 saturated heterocycles. The van der Waals surface area contributed by atoms with Gasteiger partial charge in [-0.3, -0.25) is 9.79 Å². The van der Waals surface area contributed by atoms with Gasteiger partial charge in [0, 0.05) is 23.5 Å². The van der Waals surface area contributed by atoms with E-state index in [0.29, 0.717) is 17.8 Å². The average Bonchev–Trinajstić information content (AvgIpc) is 3.05. The van der Waals surface area contributed by atoms with E-state index < -0.39 is 5.97 Å². The first-order valence-electron chi connectivity index (χ1n) is 8.91. The van der Waals surface area contributed by atoms with Gasteiger partial charge in [0.25, 0.3) is 0 Å². The van der Waals surface area contributed by atoms with Crippen LogP contribution in [0.3, 0.4) is 0 Å². The Labute approximate surface area is 159 Å². The van der Waals surface area contributed by atoms with Gasteiger partial charge in [0.1, 0.15) is 5.57 Å². The van der Waals surface area contributed by atoms with E-state index in [9.17, 15) is 9.59 Å². The number of Topliss-reactive ketones (excluding diaryl/α,β-unsaturated/α-hetero) is 1. The monoisotopic (exact) mass is 364 g/mol. The highest BCUT2D eigenvalue weighted by molar-refractivity contribution is 6.53. The number of ketones is 1. The van der Waals surface area contributed by atoms with Crippen LogP contribution in [0.2, 0.25) is 0 Å². The van der Waals surface area contributed by atoms with Gasteiger partial charge in [0.15, 0.2) is 0 Å². The number of carbonyl (C=O) groups is 2. The summed E-state index contributed by atoms with van der Waals surface area (Å²) in [5.41, 5.74) is 7.56. The molecule has 5 nitrogen and oxygen atoms in total. The zero-order valence-corrected chi connectivity index (χ0v) is 16.6. The zero-order valence-electron chi connectivity index (χ0n) is 16.6. The summed E-state index contributed by atoms with van der Waals surface area (Å²) in [7, 11) is 1.27. The lowest BCUT2D eigenvalue weighted by Gasteiger charge is -2.14. The summed E-state index contributed by atoms with van der Waals surface area (Å²) < 4.78 is 6.92. The van der Waals surface area contributed by atoms with Crippen molar-refractivity contribution in [2.75, 3.05) is 7.11 Å². The molecule has 0 amide bonds. The first kappa shape index (κ1) is 18.8. The first-order valence-corrected chi connectivity index (χ1v) is 8.91. The molecule has 1 aromatic heterocycles. The number of aryl methyl sites for hydroxylation is 3. The van der Waals surface area contributed by atoms with E-state index in [1.165, 1.54) is 18.2 Å². The number of benzene rings is 1. The van der Waals surface area contributed by atoms with Crippen molar-refractivity contribution in [3.63, 3.8) is 0 Å². The number of allylic oxidation sites excluding steroid dienone is 1. The summed E-state index contributed by atoms with van der Waals surface area (Å²) in [5.74, 6) is -0.965. The Morgan fingerprint density at radius 2 is 1.81 bits per heavy atom. The van der Waals surface area contributed by atoms with E-state index in [1.807, 2.05) is 6.92 Å². The lowest BCUT2D eigenvalue weighted by Crippen LogP contribution is -2.20. The maximum Gasteiger partial charge on any atom is 0.343 e. The molecule has 0 aliphatic carbocycles. The number of nitrogens with zero attached hydrogens (tertiary/aromatic N) is 2. The molecule has 0 fully saturated rings. The van der Waals surface area contributed by atoms with Gasteiger partial charge in [-0.25, -0.2) is 4.79 Å². The molecule has 1 aliphatic heterocycles. The van der Waals surface area contributed by atoms with Crippen molar-refractivity contribution < 1.29 is 14.3 Å². The fourth-order valence-electron chi connectivity index (χ4n) is 3.60. The van der Waals surface area contributed by atoms with E-state index in [1.54, 1.807) is 6.92 Å². The molecule has 140 valence electrons. The van der Waals surface area contributed by atoms with Crippen molar-refractivity contribution >= 4 is 17.5 Å². The normalized spacial score (nSPS) is 14.0. The predicted octanol–water partition coefficient (Wildman–Crippen LogP) is 3.72. The van der Waals surface area contributed by atoms with E-state index >= 15 is 0 Å². The largest absolute Gasteiger partial charge is 0.465 e. The maximum atomic E-state index is 12.6. The third-order valence-corrected chi connectivity index (χ3v) is 5.04. The van der Waals surface area contributed by atoms with Gasteiger partial charge >= 0.3 is 5.97 Å². The van der Waals surface area contributed by atoms with Gasteiger partial charge in [0.2, 0.25) is 5.78 Å². The SMILES string of the molecule is COC(=O)C1=C(C)N=C(Cc2cc(C)n(-c3cc(C)ccc3C)c2C)C1=O. The Bertz CT molecular complexity index is 1020. The van der Waals surface area contributed by atoms with Crippen LogP contribution in [-0.2, 0) is 20.7 Å². The summed E-state index contributed by atoms with van der Waals surface area (Å²) in [5, 5.41) is 0. The lowest BCUT2D eigenvalue weighted by atomic mass is 10.0. The van der Waals surface area contributed by atoms with Gasteiger partial charge in [-0.05, 0) is 63.4 Å². The number of rotatable bonds is 4. The third kappa shape index (κ3) is 3.25. The van der Waals surface area contributed by atoms with Gasteiger partial charge < -0.3 is 9.30 Å². The highest BCUT2D eigenvalue weighted by Crippen LogP contribution is 2.26. The summed E-state index contributed by atoms with van der Waals surface area (Å²) >= 11 is 0. The third-order valence-electron chi connectivity index (χ3n) is 5.04. The molecule has 1 aromatic carbocycles. The van der Waals surface area contributed by atoms with Crippen LogP contribution in [0.5, 0.6) is 0 Å². The van der Waals surface area contributed by atoms with Crippen LogP contribution >= 0.6 is 0 Å². The molecule has 3 rings (SSSR count). The fraction of sp³-hybridized carbons (Fsp3) is 0.318. The summed E-state index contributed by atoms with van der Waals surface area (Å²) in [6.07, 6.45) is 0.390. The van der Waals surface area contributed by atoms with E-state index in [4.69, 9.17) is 4.74 Å². The van der Waals surface area contributed by atoms with Crippen molar-refractivity contribution in [2.24, 2.45) is 4.99 Å². The predicted molar refractivity (Wildman–Crippen MR) is 106 cm³/mol. The molecular weight excluding hydrogens is 340 g/mol. The Morgan fingerprint density at radius 1 is 1.11 bits per heavy atom. The molecule has 0 bridgehead atoms. The highest BCUT2D eigenvalue weighted by Gasteiger charge is 2.32. The highest BCUT2D eigenvalue weighted by atomic mass is 16.5. The zero-order chi connectivity index (χ0) is 19.9. The van der Waals surface area contributed by atoms with Crippen LogP contribution in [0.25, 0.3) is 5.69 Å². The molecular formula is C22H24N2O3. The van der Waals surface area contributed by atoms with Crippen LogP contribution in [-0.4, -0.2) is 29.1 Å². The van der Waals surface area contributed by atoms with Crippen LogP contribution in [0.4, 0.5) is 0 Å². The van der Waals surface area contributed by atoms with Crippen LogP contribution in [0.1, 0.15) is 35.0 Å². The first-order chi connectivity index (χ1) is 12.7. The molecule has 2 heterocycles. The number of carbonyl (C=O) groups excluding carboxylic acids is 2. The second-order valence-corrected chi connectivity index (χ2v) is 7.04. The fourth-order valence-corrected chi connectivity index (χ4v) is 3.60. The molecule has 0 saturated carbocycles. The lowest BCUT2D eigenvalue weighted by molar-refractivity contribution is -0.137. The Morgan fingerprint density at radius 3 is 2.48 bits per heavy atom. The van der Waals surface area contributed by atoms with Gasteiger partial charge in [-0.1, -0.05) is 12.1 Å². The minimum Gasteiger partial charge on any atom is -0.465 e. The minimum atomic E-state index is -0.628. The summed E-state index contributed by atoms with van der Waals surface area (Å²) in [4.78, 5) is 28.8. The summed E-state index contributed by atoms with van der Waals surface area (Å²) in [6.45, 7) is 9.93. The molecule has 0 N–H and O–H groups in total. The Hall–Kier alpha value is -2.95. The molecule has 0 atom stereocenters. The maximum absolute atomic E-state index is 12.6. The van der Waals surface area contributed by atoms with Gasteiger partial charge in [-0.2, -0.15) is 0 Å². The topological polar surface area (TPSA) is 60.7 Å². The van der Waals surface area contributed by atoms with Crippen molar-refractivity contribution in [2.45, 2.75) is 41.0 Å². The van der Waals surface area contributed by atoms with Crippen LogP contribution in [0, 0.1) is 27.7 Å². The van der Waals surface area contributed by atoms with Crippen molar-refractivity contribution in [1.82, 2.24) is 4.57 Å². The molecule has 2 aromatic rings. The van der Waals surface area contributed by atoms with Gasteiger partial charge in [0.05, 0.1) is 18.5 Å². The molecule has 27 heavy (non-hydrogen) atoms. The number of aliphatic imine (C=N–C) groups is 1. The molecule has 0 spiro atoms. The number of esters is 1. The Balaban J connectivity index is 1.95. The second kappa shape index (κ2) is 6.99. The molecule has 1 aliphatic rings. The van der Waals surface area contributed by atoms with Crippen LogP contribution in [0.15, 0.2) is 40.5 Å². The molecule has 0 radical (unpaired) electrons. The quantitative estimate of drug-likeness (QED) is 0.613. The van der Waals surface area contributed by atoms with Crippen molar-refractivity contribution in [3.05, 3.63) is 63.6 Å². The molecule has 0 unspecified atom stereocenters. The van der Waals surface area contributed by atoms with Crippen molar-refractivity contribution in [3.8, 4) is 5.69 Å². The van der Waals surface area contributed by atoms with E-state index in [0.717, 1.165) is 22.6 Å². The van der Waals surface area contributed by atoms with Crippen molar-refractivity contribution in [1.29, 1.82) is 0 Å². The molecule has 5 heteroatoms. The standard InChI is InChI=1S/C22H24N2O3/c1-12-7-8-13(2)19(9-12)24-14(3)10-17(16(24)5)11-18-21(25)20(15(4)23-18)22(26)27-6/h7-10H,11H2,1-6H3. The number of hydrogen-bond donors (Lipinski definition) is 0. The number of ether oxygens (including phenoxy) is 1. The number of methoxy groups -OCH3 is 1. The average molecular weight is 364 g/mol. The number of hydrogen-bond acceptors (Lipinski definition) is 4. The number of aromatic nitrogens is 1. The minimum absolute atomic E-state index is 0.0378. The smallest absolute Gasteiger partial charge is 0.343 e. The van der Waals surface area contributed by atoms with E-state index in [-0.39, 0.29) is 11.4 Å². The second-order valence-electron chi connectivity index (χ2n) is 7.04. The Kier molecular flexibility index (Phi) is 4.87. The summed E-state index contributed by atoms with van der Waals surface area (Å²) in [6, 6.07) is 8.46. The van der Waals surface area contributed by atoms with E-state index in [2.05, 4.69) is 54.6 Å². The van der Waals surface area contributed by atoms with Crippen LogP contribution < -0.4 is 0 Å².